The van der Waals surface area contributed by atoms with E-state index < -0.39 is 0 Å². The van der Waals surface area contributed by atoms with Crippen LogP contribution in [0.1, 0.15) is 55.5 Å². The molecule has 1 N–H and O–H groups in total. The molecule has 1 aromatic rings. The third-order valence-electron chi connectivity index (χ3n) is 5.97. The Morgan fingerprint density at radius 2 is 1.76 bits per heavy atom. The topological polar surface area (TPSA) is 43.8 Å². The maximum Gasteiger partial charge on any atom is 0.254 e. The van der Waals surface area contributed by atoms with Crippen LogP contribution in [0.15, 0.2) is 24.3 Å². The highest BCUT2D eigenvalue weighted by Gasteiger charge is 2.27. The molecule has 0 radical (unpaired) electrons. The Morgan fingerprint density at radius 1 is 1.08 bits per heavy atom. The molecule has 25 heavy (non-hydrogen) atoms. The summed E-state index contributed by atoms with van der Waals surface area (Å²) < 4.78 is 0. The average Bonchev–Trinajstić information content (AvgIpc) is 2.62. The molecule has 0 aromatic heterocycles. The molecule has 2 aliphatic heterocycles. The van der Waals surface area contributed by atoms with Crippen molar-refractivity contribution in [2.45, 2.75) is 52.1 Å². The molecule has 0 bridgehead atoms. The van der Waals surface area contributed by atoms with Crippen molar-refractivity contribution in [3.63, 3.8) is 0 Å². The van der Waals surface area contributed by atoms with Gasteiger partial charge in [-0.3, -0.25) is 9.69 Å². The van der Waals surface area contributed by atoms with E-state index in [2.05, 4.69) is 30.9 Å². The Bertz CT molecular complexity index is 564. The highest BCUT2D eigenvalue weighted by atomic mass is 16.3. The van der Waals surface area contributed by atoms with Crippen LogP contribution in [0.3, 0.4) is 0 Å². The van der Waals surface area contributed by atoms with Crippen LogP contribution >= 0.6 is 0 Å². The molecule has 1 amide bonds. The van der Waals surface area contributed by atoms with Gasteiger partial charge in [0.1, 0.15) is 0 Å². The summed E-state index contributed by atoms with van der Waals surface area (Å²) >= 11 is 0. The lowest BCUT2D eigenvalue weighted by Crippen LogP contribution is -2.44. The molecule has 1 aromatic carbocycles. The fourth-order valence-corrected chi connectivity index (χ4v) is 4.21. The second kappa shape index (κ2) is 8.33. The first-order valence-corrected chi connectivity index (χ1v) is 9.80. The van der Waals surface area contributed by atoms with E-state index in [9.17, 15) is 9.90 Å². The van der Waals surface area contributed by atoms with E-state index in [1.807, 2.05) is 17.0 Å². The molecule has 2 unspecified atom stereocenters. The first-order chi connectivity index (χ1) is 12.1. The summed E-state index contributed by atoms with van der Waals surface area (Å²) in [7, 11) is 0. The number of nitrogens with zero attached hydrogens (tertiary/aromatic N) is 2. The van der Waals surface area contributed by atoms with Gasteiger partial charge in [0.05, 0.1) is 0 Å². The van der Waals surface area contributed by atoms with Crippen LogP contribution in [0.5, 0.6) is 0 Å². The van der Waals surface area contributed by atoms with Crippen LogP contribution in [0.25, 0.3) is 0 Å². The smallest absolute Gasteiger partial charge is 0.254 e. The van der Waals surface area contributed by atoms with Gasteiger partial charge in [0, 0.05) is 31.3 Å². The van der Waals surface area contributed by atoms with Crippen molar-refractivity contribution in [3.8, 4) is 0 Å². The average molecular weight is 344 g/mol. The second-order valence-corrected chi connectivity index (χ2v) is 8.08. The minimum Gasteiger partial charge on any atom is -0.396 e. The number of likely N-dealkylation sites (tertiary alicyclic amines) is 2. The van der Waals surface area contributed by atoms with Crippen molar-refractivity contribution in [2.75, 3.05) is 26.2 Å². The predicted molar refractivity (Wildman–Crippen MR) is 100 cm³/mol. The molecule has 4 heteroatoms. The highest BCUT2D eigenvalue weighted by molar-refractivity contribution is 5.94. The number of hydrogen-bond acceptors (Lipinski definition) is 3. The summed E-state index contributed by atoms with van der Waals surface area (Å²) in [5.74, 6) is 1.37. The Kier molecular flexibility index (Phi) is 6.13. The number of carbonyl (C=O) groups is 1. The molecule has 2 saturated heterocycles. The predicted octanol–water partition coefficient (Wildman–Crippen LogP) is 3.15. The SMILES string of the molecule is CC1CCN(C(=O)c2ccc(CN3CCC(CO)CC3)cc2)C(C)C1. The first-order valence-electron chi connectivity index (χ1n) is 9.80. The number of hydrogen-bond donors (Lipinski definition) is 1. The summed E-state index contributed by atoms with van der Waals surface area (Å²) in [4.78, 5) is 17.3. The Labute approximate surface area is 151 Å². The normalized spacial score (nSPS) is 26.0. The Balaban J connectivity index is 1.56. The zero-order chi connectivity index (χ0) is 17.8. The number of amides is 1. The Hall–Kier alpha value is -1.39. The van der Waals surface area contributed by atoms with E-state index in [-0.39, 0.29) is 5.91 Å². The third kappa shape index (κ3) is 4.62. The third-order valence-corrected chi connectivity index (χ3v) is 5.97. The minimum atomic E-state index is 0.176. The van der Waals surface area contributed by atoms with Gasteiger partial charge < -0.3 is 10.0 Å². The number of piperidine rings is 2. The minimum absolute atomic E-state index is 0.176. The van der Waals surface area contributed by atoms with Gasteiger partial charge in [-0.1, -0.05) is 19.1 Å². The first kappa shape index (κ1) is 18.4. The van der Waals surface area contributed by atoms with Gasteiger partial charge in [0.15, 0.2) is 0 Å². The molecule has 3 rings (SSSR count). The maximum atomic E-state index is 12.8. The summed E-state index contributed by atoms with van der Waals surface area (Å²) in [5.41, 5.74) is 2.07. The molecule has 138 valence electrons. The number of aliphatic hydroxyl groups excluding tert-OH is 1. The van der Waals surface area contributed by atoms with Crippen molar-refractivity contribution in [1.82, 2.24) is 9.80 Å². The zero-order valence-corrected chi connectivity index (χ0v) is 15.7. The quantitative estimate of drug-likeness (QED) is 0.912. The van der Waals surface area contributed by atoms with Crippen LogP contribution in [0.2, 0.25) is 0 Å². The van der Waals surface area contributed by atoms with Gasteiger partial charge in [-0.25, -0.2) is 0 Å². The van der Waals surface area contributed by atoms with E-state index in [0.717, 1.165) is 63.3 Å². The maximum absolute atomic E-state index is 12.8. The van der Waals surface area contributed by atoms with Crippen LogP contribution < -0.4 is 0 Å². The lowest BCUT2D eigenvalue weighted by Gasteiger charge is -2.36. The largest absolute Gasteiger partial charge is 0.396 e. The monoisotopic (exact) mass is 344 g/mol. The number of carbonyl (C=O) groups excluding carboxylic acids is 1. The van der Waals surface area contributed by atoms with E-state index in [0.29, 0.717) is 18.6 Å². The van der Waals surface area contributed by atoms with E-state index in [1.54, 1.807) is 0 Å². The van der Waals surface area contributed by atoms with Crippen molar-refractivity contribution < 1.29 is 9.90 Å². The van der Waals surface area contributed by atoms with Gasteiger partial charge in [0.2, 0.25) is 0 Å². The van der Waals surface area contributed by atoms with Crippen molar-refractivity contribution in [3.05, 3.63) is 35.4 Å². The summed E-state index contributed by atoms with van der Waals surface area (Å²) in [6.45, 7) is 8.67. The fraction of sp³-hybridized carbons (Fsp3) is 0.667. The van der Waals surface area contributed by atoms with Gasteiger partial charge in [-0.15, -0.1) is 0 Å². The lowest BCUT2D eigenvalue weighted by molar-refractivity contribution is 0.0588. The van der Waals surface area contributed by atoms with Crippen LogP contribution in [-0.4, -0.2) is 53.1 Å². The Morgan fingerprint density at radius 3 is 2.36 bits per heavy atom. The van der Waals surface area contributed by atoms with Gasteiger partial charge in [-0.2, -0.15) is 0 Å². The van der Waals surface area contributed by atoms with Crippen molar-refractivity contribution >= 4 is 5.91 Å². The van der Waals surface area contributed by atoms with Crippen LogP contribution in [-0.2, 0) is 6.54 Å². The fourth-order valence-electron chi connectivity index (χ4n) is 4.21. The molecule has 4 nitrogen and oxygen atoms in total. The molecule has 0 spiro atoms. The standard InChI is InChI=1S/C21H32N2O2/c1-16-7-12-23(17(2)13-16)21(25)20-5-3-18(4-6-20)14-22-10-8-19(15-24)9-11-22/h3-6,16-17,19,24H,7-15H2,1-2H3. The molecule has 2 aliphatic rings. The van der Waals surface area contributed by atoms with Gasteiger partial charge >= 0.3 is 0 Å². The van der Waals surface area contributed by atoms with Crippen molar-refractivity contribution in [2.24, 2.45) is 11.8 Å². The summed E-state index contributed by atoms with van der Waals surface area (Å²) in [5, 5.41) is 9.24. The zero-order valence-electron chi connectivity index (χ0n) is 15.7. The van der Waals surface area contributed by atoms with E-state index >= 15 is 0 Å². The molecule has 2 heterocycles. The summed E-state index contributed by atoms with van der Waals surface area (Å²) in [6, 6.07) is 8.51. The van der Waals surface area contributed by atoms with E-state index in [4.69, 9.17) is 0 Å². The number of rotatable bonds is 4. The van der Waals surface area contributed by atoms with Gasteiger partial charge in [0.25, 0.3) is 5.91 Å². The van der Waals surface area contributed by atoms with Gasteiger partial charge in [-0.05, 0) is 75.2 Å². The highest BCUT2D eigenvalue weighted by Crippen LogP contribution is 2.24. The number of benzene rings is 1. The second-order valence-electron chi connectivity index (χ2n) is 8.08. The van der Waals surface area contributed by atoms with Crippen LogP contribution in [0, 0.1) is 11.8 Å². The van der Waals surface area contributed by atoms with E-state index in [1.165, 1.54) is 5.56 Å². The molecular formula is C21H32N2O2. The molecule has 0 aliphatic carbocycles. The molecular weight excluding hydrogens is 312 g/mol. The lowest BCUT2D eigenvalue weighted by atomic mass is 9.93. The molecule has 2 fully saturated rings. The number of aliphatic hydroxyl groups is 1. The van der Waals surface area contributed by atoms with Crippen molar-refractivity contribution in [1.29, 1.82) is 0 Å². The van der Waals surface area contributed by atoms with Crippen LogP contribution in [0.4, 0.5) is 0 Å². The molecule has 2 atom stereocenters. The molecule has 0 saturated carbocycles. The summed E-state index contributed by atoms with van der Waals surface area (Å²) in [6.07, 6.45) is 4.38.